The van der Waals surface area contributed by atoms with E-state index in [1.165, 1.54) is 9.58 Å². The van der Waals surface area contributed by atoms with Crippen LogP contribution < -0.4 is 21.5 Å². The van der Waals surface area contributed by atoms with Gasteiger partial charge >= 0.3 is 6.03 Å². The fourth-order valence-electron chi connectivity index (χ4n) is 3.76. The molecule has 2 amide bonds. The Bertz CT molecular complexity index is 1200. The van der Waals surface area contributed by atoms with Crippen molar-refractivity contribution in [1.29, 1.82) is 0 Å². The molecule has 1 atom stereocenters. The maximum absolute atomic E-state index is 13.6. The number of primary amides is 1. The molecule has 0 spiro atoms. The van der Waals surface area contributed by atoms with Crippen molar-refractivity contribution >= 4 is 33.3 Å². The second kappa shape index (κ2) is 9.08. The molecule has 32 heavy (non-hydrogen) atoms. The van der Waals surface area contributed by atoms with Crippen molar-refractivity contribution in [1.82, 2.24) is 9.36 Å². The molecule has 0 saturated heterocycles. The summed E-state index contributed by atoms with van der Waals surface area (Å²) in [4.78, 5) is 27.7. The largest absolute Gasteiger partial charge is 0.357 e. The van der Waals surface area contributed by atoms with Crippen molar-refractivity contribution in [2.75, 3.05) is 10.2 Å². The number of benzene rings is 2. The quantitative estimate of drug-likeness (QED) is 0.485. The molecule has 0 aliphatic rings. The highest BCUT2D eigenvalue weighted by Gasteiger charge is 2.40. The summed E-state index contributed by atoms with van der Waals surface area (Å²) < 4.78 is 4.21. The predicted molar refractivity (Wildman–Crippen MR) is 133 cm³/mol. The number of carbonyl (C=O) groups excluding carboxylic acids is 1. The van der Waals surface area contributed by atoms with E-state index in [1.807, 2.05) is 68.4 Å². The molecule has 1 unspecified atom stereocenters. The molecule has 2 aromatic carbocycles. The van der Waals surface area contributed by atoms with Crippen LogP contribution in [0.3, 0.4) is 0 Å². The molecule has 1 aromatic heterocycles. The molecule has 3 aromatic rings. The molecule has 0 aliphatic heterocycles. The molecule has 0 saturated carbocycles. The Balaban J connectivity index is 2.12. The summed E-state index contributed by atoms with van der Waals surface area (Å²) in [6.07, 6.45) is 0.484. The van der Waals surface area contributed by atoms with Crippen molar-refractivity contribution in [2.45, 2.75) is 32.7 Å². The first-order chi connectivity index (χ1) is 15.1. The van der Waals surface area contributed by atoms with Gasteiger partial charge in [-0.25, -0.2) is 9.48 Å². The molecule has 0 fully saturated rings. The Morgan fingerprint density at radius 2 is 1.78 bits per heavy atom. The van der Waals surface area contributed by atoms with Crippen LogP contribution in [0.5, 0.6) is 0 Å². The van der Waals surface area contributed by atoms with E-state index in [1.54, 1.807) is 18.7 Å². The lowest BCUT2D eigenvalue weighted by molar-refractivity contribution is 0.248. The number of aromatic nitrogens is 2. The lowest BCUT2D eigenvalue weighted by Crippen LogP contribution is -2.56. The van der Waals surface area contributed by atoms with Crippen LogP contribution in [0.15, 0.2) is 76.1 Å². The Hall–Kier alpha value is -3.26. The van der Waals surface area contributed by atoms with E-state index in [4.69, 9.17) is 5.73 Å². The standard InChI is InChI=1S/C24H28BrN5O2/c1-6-24(4,17(3)27-19-14-12-18(25)13-15-19)29(23(26)32)21-16(2)28(5)30(22(21)31)20-10-8-7-9-11-20/h7-15,27H,3,6H2,1-2,4-5H3,(H2,26,32). The fourth-order valence-corrected chi connectivity index (χ4v) is 4.02. The molecule has 0 aliphatic carbocycles. The van der Waals surface area contributed by atoms with E-state index < -0.39 is 11.6 Å². The third-order valence-corrected chi connectivity index (χ3v) is 6.47. The second-order valence-electron chi connectivity index (χ2n) is 7.82. The summed E-state index contributed by atoms with van der Waals surface area (Å²) in [5, 5.41) is 3.28. The van der Waals surface area contributed by atoms with E-state index in [0.29, 0.717) is 23.5 Å². The topological polar surface area (TPSA) is 85.3 Å². The average molecular weight is 498 g/mol. The molecule has 8 heteroatoms. The second-order valence-corrected chi connectivity index (χ2v) is 8.74. The number of nitrogens with two attached hydrogens (primary N) is 1. The minimum atomic E-state index is -0.960. The number of halogens is 1. The molecular weight excluding hydrogens is 470 g/mol. The van der Waals surface area contributed by atoms with Gasteiger partial charge in [0, 0.05) is 22.9 Å². The van der Waals surface area contributed by atoms with E-state index in [9.17, 15) is 9.59 Å². The minimum absolute atomic E-state index is 0.229. The minimum Gasteiger partial charge on any atom is -0.357 e. The number of carbonyl (C=O) groups is 1. The molecule has 0 radical (unpaired) electrons. The van der Waals surface area contributed by atoms with Crippen LogP contribution in [0.4, 0.5) is 16.2 Å². The van der Waals surface area contributed by atoms with Crippen LogP contribution in [-0.4, -0.2) is 20.9 Å². The maximum atomic E-state index is 13.6. The van der Waals surface area contributed by atoms with Crippen LogP contribution in [0.1, 0.15) is 26.0 Å². The summed E-state index contributed by atoms with van der Waals surface area (Å²) in [6, 6.07) is 16.2. The number of anilines is 2. The van der Waals surface area contributed by atoms with E-state index >= 15 is 0 Å². The zero-order valence-corrected chi connectivity index (χ0v) is 20.3. The summed E-state index contributed by atoms with van der Waals surface area (Å²) in [5.41, 5.74) is 7.49. The van der Waals surface area contributed by atoms with Crippen molar-refractivity contribution in [3.8, 4) is 5.69 Å². The monoisotopic (exact) mass is 497 g/mol. The molecule has 3 N–H and O–H groups in total. The summed E-state index contributed by atoms with van der Waals surface area (Å²) in [6.45, 7) is 9.78. The van der Waals surface area contributed by atoms with Crippen LogP contribution >= 0.6 is 15.9 Å². The lowest BCUT2D eigenvalue weighted by Gasteiger charge is -2.40. The van der Waals surface area contributed by atoms with Crippen molar-refractivity contribution in [2.24, 2.45) is 12.8 Å². The first kappa shape index (κ1) is 23.4. The zero-order chi connectivity index (χ0) is 23.6. The summed E-state index contributed by atoms with van der Waals surface area (Å²) in [5.74, 6) is 0. The number of nitrogens with one attached hydrogen (secondary N) is 1. The Morgan fingerprint density at radius 1 is 1.19 bits per heavy atom. The molecule has 3 rings (SSSR count). The fraction of sp³-hybridized carbons (Fsp3) is 0.250. The Labute approximate surface area is 196 Å². The summed E-state index contributed by atoms with van der Waals surface area (Å²) >= 11 is 3.42. The lowest BCUT2D eigenvalue weighted by atomic mass is 9.91. The van der Waals surface area contributed by atoms with Crippen LogP contribution in [0.2, 0.25) is 0 Å². The van der Waals surface area contributed by atoms with Gasteiger partial charge in [0.05, 0.1) is 16.9 Å². The molecule has 7 nitrogen and oxygen atoms in total. The van der Waals surface area contributed by atoms with E-state index in [2.05, 4.69) is 27.8 Å². The maximum Gasteiger partial charge on any atom is 0.320 e. The predicted octanol–water partition coefficient (Wildman–Crippen LogP) is 4.93. The first-order valence-electron chi connectivity index (χ1n) is 10.3. The van der Waals surface area contributed by atoms with Gasteiger partial charge in [-0.1, -0.05) is 47.6 Å². The van der Waals surface area contributed by atoms with Gasteiger partial charge in [0.2, 0.25) is 0 Å². The number of nitrogens with zero attached hydrogens (tertiary/aromatic N) is 3. The van der Waals surface area contributed by atoms with Crippen LogP contribution in [0.25, 0.3) is 5.69 Å². The van der Waals surface area contributed by atoms with E-state index in [0.717, 1.165) is 10.2 Å². The summed E-state index contributed by atoms with van der Waals surface area (Å²) in [7, 11) is 1.78. The number of hydrogen-bond acceptors (Lipinski definition) is 3. The van der Waals surface area contributed by atoms with Gasteiger partial charge in [0.25, 0.3) is 5.56 Å². The van der Waals surface area contributed by atoms with Crippen molar-refractivity contribution in [3.63, 3.8) is 0 Å². The van der Waals surface area contributed by atoms with Gasteiger partial charge in [0.1, 0.15) is 5.69 Å². The third-order valence-electron chi connectivity index (χ3n) is 5.94. The van der Waals surface area contributed by atoms with Crippen molar-refractivity contribution in [3.05, 3.63) is 87.4 Å². The number of hydrogen-bond donors (Lipinski definition) is 2. The van der Waals surface area contributed by atoms with Gasteiger partial charge in [-0.3, -0.25) is 14.4 Å². The van der Waals surface area contributed by atoms with Gasteiger partial charge in [-0.15, -0.1) is 0 Å². The first-order valence-corrected chi connectivity index (χ1v) is 11.1. The molecular formula is C24H28BrN5O2. The number of rotatable bonds is 7. The number of urea groups is 1. The normalized spacial score (nSPS) is 12.8. The highest BCUT2D eigenvalue weighted by atomic mass is 79.9. The van der Waals surface area contributed by atoms with Crippen molar-refractivity contribution < 1.29 is 4.79 Å². The molecule has 0 bridgehead atoms. The third kappa shape index (κ3) is 4.10. The smallest absolute Gasteiger partial charge is 0.320 e. The SMILES string of the molecule is C=C(Nc1ccc(Br)cc1)C(C)(CC)N(C(N)=O)c1c(C)n(C)n(-c2ccccc2)c1=O. The van der Waals surface area contributed by atoms with E-state index in [-0.39, 0.29) is 11.2 Å². The van der Waals surface area contributed by atoms with Crippen LogP contribution in [-0.2, 0) is 7.05 Å². The van der Waals surface area contributed by atoms with Gasteiger partial charge < -0.3 is 11.1 Å². The highest BCUT2D eigenvalue weighted by molar-refractivity contribution is 9.10. The molecule has 168 valence electrons. The highest BCUT2D eigenvalue weighted by Crippen LogP contribution is 2.33. The Morgan fingerprint density at radius 3 is 2.31 bits per heavy atom. The van der Waals surface area contributed by atoms with Gasteiger partial charge in [0.15, 0.2) is 0 Å². The Kier molecular flexibility index (Phi) is 6.64. The number of amides is 2. The number of para-hydroxylation sites is 1. The molecule has 1 heterocycles. The van der Waals surface area contributed by atoms with Gasteiger partial charge in [-0.05, 0) is 56.7 Å². The van der Waals surface area contributed by atoms with Gasteiger partial charge in [-0.2, -0.15) is 0 Å². The zero-order valence-electron chi connectivity index (χ0n) is 18.7. The van der Waals surface area contributed by atoms with Crippen LogP contribution in [0, 0.1) is 6.92 Å². The average Bonchev–Trinajstić information content (AvgIpc) is 2.99.